The normalized spacial score (nSPS) is 44.1. The summed E-state index contributed by atoms with van der Waals surface area (Å²) in [5, 5.41) is 3.77. The van der Waals surface area contributed by atoms with Crippen LogP contribution in [-0.4, -0.2) is 36.6 Å². The van der Waals surface area contributed by atoms with Gasteiger partial charge in [0.25, 0.3) is 0 Å². The molecular formula is C18H34N2. The van der Waals surface area contributed by atoms with Crippen molar-refractivity contribution in [2.75, 3.05) is 19.6 Å². The van der Waals surface area contributed by atoms with E-state index in [1.807, 2.05) is 0 Å². The molecule has 0 aromatic carbocycles. The quantitative estimate of drug-likeness (QED) is 0.844. The van der Waals surface area contributed by atoms with E-state index in [4.69, 9.17) is 0 Å². The molecule has 2 nitrogen and oxygen atoms in total. The van der Waals surface area contributed by atoms with Gasteiger partial charge in [-0.2, -0.15) is 0 Å². The van der Waals surface area contributed by atoms with Gasteiger partial charge in [-0.3, -0.25) is 4.90 Å². The Morgan fingerprint density at radius 1 is 1.20 bits per heavy atom. The third kappa shape index (κ3) is 2.33. The van der Waals surface area contributed by atoms with Crippen molar-refractivity contribution < 1.29 is 0 Å². The Morgan fingerprint density at radius 2 is 2.00 bits per heavy atom. The Hall–Kier alpha value is -0.0800. The molecule has 20 heavy (non-hydrogen) atoms. The zero-order valence-electron chi connectivity index (χ0n) is 14.0. The Morgan fingerprint density at radius 3 is 2.65 bits per heavy atom. The maximum Gasteiger partial charge on any atom is 0.0204 e. The highest BCUT2D eigenvalue weighted by molar-refractivity contribution is 5.13. The molecule has 2 saturated carbocycles. The molecule has 0 spiro atoms. The number of piperidine rings is 1. The van der Waals surface area contributed by atoms with Crippen LogP contribution in [0.5, 0.6) is 0 Å². The molecule has 0 aromatic rings. The van der Waals surface area contributed by atoms with Crippen molar-refractivity contribution in [3.05, 3.63) is 0 Å². The highest BCUT2D eigenvalue weighted by Gasteiger charge is 2.61. The summed E-state index contributed by atoms with van der Waals surface area (Å²) in [6.45, 7) is 13.8. The van der Waals surface area contributed by atoms with Gasteiger partial charge in [0.15, 0.2) is 0 Å². The molecule has 3 fully saturated rings. The summed E-state index contributed by atoms with van der Waals surface area (Å²) in [5.41, 5.74) is 1.13. The minimum Gasteiger partial charge on any atom is -0.313 e. The Labute approximate surface area is 125 Å². The smallest absolute Gasteiger partial charge is 0.0204 e. The molecule has 3 aliphatic rings. The van der Waals surface area contributed by atoms with Crippen LogP contribution in [0.15, 0.2) is 0 Å². The lowest BCUT2D eigenvalue weighted by Gasteiger charge is -2.51. The lowest BCUT2D eigenvalue weighted by atomic mass is 9.67. The van der Waals surface area contributed by atoms with Crippen LogP contribution in [0.2, 0.25) is 0 Å². The monoisotopic (exact) mass is 278 g/mol. The predicted octanol–water partition coefficient (Wildman–Crippen LogP) is 3.67. The van der Waals surface area contributed by atoms with Crippen molar-refractivity contribution in [2.45, 2.75) is 78.3 Å². The molecule has 4 unspecified atom stereocenters. The first-order valence-electron chi connectivity index (χ1n) is 8.95. The Bertz CT molecular complexity index is 347. The van der Waals surface area contributed by atoms with Crippen molar-refractivity contribution in [3.8, 4) is 0 Å². The first kappa shape index (κ1) is 14.8. The summed E-state index contributed by atoms with van der Waals surface area (Å²) in [7, 11) is 0. The maximum absolute atomic E-state index is 3.77. The number of likely N-dealkylation sites (tertiary alicyclic amines) is 1. The van der Waals surface area contributed by atoms with Gasteiger partial charge in [-0.25, -0.2) is 0 Å². The first-order chi connectivity index (χ1) is 9.47. The van der Waals surface area contributed by atoms with Crippen LogP contribution in [-0.2, 0) is 0 Å². The van der Waals surface area contributed by atoms with Crippen LogP contribution in [0.25, 0.3) is 0 Å². The molecule has 1 aliphatic heterocycles. The number of rotatable bonds is 4. The van der Waals surface area contributed by atoms with E-state index in [0.29, 0.717) is 10.8 Å². The van der Waals surface area contributed by atoms with Crippen molar-refractivity contribution in [3.63, 3.8) is 0 Å². The molecule has 1 heterocycles. The van der Waals surface area contributed by atoms with Crippen molar-refractivity contribution in [1.82, 2.24) is 10.2 Å². The second kappa shape index (κ2) is 5.28. The van der Waals surface area contributed by atoms with Gasteiger partial charge in [-0.15, -0.1) is 0 Å². The predicted molar refractivity (Wildman–Crippen MR) is 85.9 cm³/mol. The van der Waals surface area contributed by atoms with Gasteiger partial charge < -0.3 is 5.32 Å². The molecule has 116 valence electrons. The highest BCUT2D eigenvalue weighted by Crippen LogP contribution is 2.64. The summed E-state index contributed by atoms with van der Waals surface area (Å²) >= 11 is 0. The van der Waals surface area contributed by atoms with Crippen LogP contribution >= 0.6 is 0 Å². The van der Waals surface area contributed by atoms with Gasteiger partial charge in [-0.1, -0.05) is 27.7 Å². The fourth-order valence-electron chi connectivity index (χ4n) is 5.94. The van der Waals surface area contributed by atoms with Crippen LogP contribution in [0, 0.1) is 16.7 Å². The number of fused-ring (bicyclic) bond motifs is 2. The number of hydrogen-bond donors (Lipinski definition) is 1. The molecule has 2 aliphatic carbocycles. The van der Waals surface area contributed by atoms with Crippen LogP contribution in [0.1, 0.15) is 66.2 Å². The van der Waals surface area contributed by atoms with Gasteiger partial charge in [0.05, 0.1) is 0 Å². The summed E-state index contributed by atoms with van der Waals surface area (Å²) in [4.78, 5) is 2.87. The van der Waals surface area contributed by atoms with Gasteiger partial charge >= 0.3 is 0 Å². The van der Waals surface area contributed by atoms with E-state index in [9.17, 15) is 0 Å². The topological polar surface area (TPSA) is 15.3 Å². The van der Waals surface area contributed by atoms with E-state index in [0.717, 1.165) is 18.0 Å². The zero-order valence-corrected chi connectivity index (χ0v) is 14.0. The minimum atomic E-state index is 0.527. The van der Waals surface area contributed by atoms with E-state index in [-0.39, 0.29) is 0 Å². The van der Waals surface area contributed by atoms with Gasteiger partial charge in [-0.05, 0) is 68.4 Å². The van der Waals surface area contributed by atoms with Gasteiger partial charge in [0, 0.05) is 18.6 Å². The maximum atomic E-state index is 3.77. The Kier molecular flexibility index (Phi) is 3.92. The molecule has 3 rings (SSSR count). The number of nitrogens with zero attached hydrogens (tertiary/aromatic N) is 1. The molecule has 1 saturated heterocycles. The summed E-state index contributed by atoms with van der Waals surface area (Å²) in [5.74, 6) is 0.974. The van der Waals surface area contributed by atoms with Crippen molar-refractivity contribution >= 4 is 0 Å². The molecule has 2 heteroatoms. The van der Waals surface area contributed by atoms with E-state index >= 15 is 0 Å². The number of hydrogen-bond acceptors (Lipinski definition) is 2. The summed E-state index contributed by atoms with van der Waals surface area (Å²) < 4.78 is 0. The molecule has 4 atom stereocenters. The average Bonchev–Trinajstić information content (AvgIpc) is 2.88. The molecule has 2 bridgehead atoms. The van der Waals surface area contributed by atoms with Crippen LogP contribution in [0.4, 0.5) is 0 Å². The standard InChI is InChI=1S/C18H34N2/c1-5-10-19-15-7-6-11-20(13-15)16-17(2,3)14-8-9-18(16,4)12-14/h14-16,19H,5-13H2,1-4H3. The van der Waals surface area contributed by atoms with E-state index in [2.05, 4.69) is 37.9 Å². The molecule has 0 aromatic heterocycles. The van der Waals surface area contributed by atoms with Crippen LogP contribution < -0.4 is 5.32 Å². The number of nitrogens with one attached hydrogen (secondary N) is 1. The summed E-state index contributed by atoms with van der Waals surface area (Å²) in [6.07, 6.45) is 8.44. The SMILES string of the molecule is CCCNC1CCCN(C2C3(C)CCC(C3)C2(C)C)C1. The van der Waals surface area contributed by atoms with E-state index in [1.54, 1.807) is 0 Å². The lowest BCUT2D eigenvalue weighted by Crippen LogP contribution is -2.58. The highest BCUT2D eigenvalue weighted by atomic mass is 15.2. The largest absolute Gasteiger partial charge is 0.313 e. The average molecular weight is 278 g/mol. The molecule has 1 N–H and O–H groups in total. The lowest BCUT2D eigenvalue weighted by molar-refractivity contribution is -0.0132. The third-order valence-corrected chi connectivity index (χ3v) is 6.69. The zero-order chi connectivity index (χ0) is 14.4. The fraction of sp³-hybridized carbons (Fsp3) is 1.00. The molecule has 0 amide bonds. The van der Waals surface area contributed by atoms with Gasteiger partial charge in [0.1, 0.15) is 0 Å². The first-order valence-corrected chi connectivity index (χ1v) is 8.95. The second-order valence-electron chi connectivity index (χ2n) is 8.61. The summed E-state index contributed by atoms with van der Waals surface area (Å²) in [6, 6.07) is 1.56. The second-order valence-corrected chi connectivity index (χ2v) is 8.61. The molecular weight excluding hydrogens is 244 g/mol. The minimum absolute atomic E-state index is 0.527. The van der Waals surface area contributed by atoms with Crippen LogP contribution in [0.3, 0.4) is 0 Å². The van der Waals surface area contributed by atoms with Crippen molar-refractivity contribution in [1.29, 1.82) is 0 Å². The third-order valence-electron chi connectivity index (χ3n) is 6.69. The fourth-order valence-corrected chi connectivity index (χ4v) is 5.94. The van der Waals surface area contributed by atoms with Crippen molar-refractivity contribution in [2.24, 2.45) is 16.7 Å². The van der Waals surface area contributed by atoms with E-state index in [1.165, 1.54) is 58.2 Å². The van der Waals surface area contributed by atoms with Gasteiger partial charge in [0.2, 0.25) is 0 Å². The van der Waals surface area contributed by atoms with E-state index < -0.39 is 0 Å². The molecule has 0 radical (unpaired) electrons. The Balaban J connectivity index is 1.71.